The highest BCUT2D eigenvalue weighted by Gasteiger charge is 2.24. The molecular weight excluding hydrogens is 482 g/mol. The largest absolute Gasteiger partial charge is 0.493 e. The van der Waals surface area contributed by atoms with Gasteiger partial charge in [0.15, 0.2) is 0 Å². The molecule has 2 N–H and O–H groups in total. The molecule has 0 bridgehead atoms. The molecule has 0 spiro atoms. The first-order valence-electron chi connectivity index (χ1n) is 10.1. The van der Waals surface area contributed by atoms with Gasteiger partial charge in [-0.1, -0.05) is 54.7 Å². The maximum absolute atomic E-state index is 12.7. The molecule has 2 aromatic carbocycles. The highest BCUT2D eigenvalue weighted by atomic mass is 79.9. The van der Waals surface area contributed by atoms with E-state index in [-0.39, 0.29) is 11.8 Å². The number of nitrogens with zero attached hydrogens (tertiary/aromatic N) is 1. The molecule has 0 saturated heterocycles. The molecular formula is C23H27BrClN3O3. The zero-order valence-corrected chi connectivity index (χ0v) is 20.2. The van der Waals surface area contributed by atoms with Gasteiger partial charge < -0.3 is 10.1 Å². The van der Waals surface area contributed by atoms with Gasteiger partial charge in [-0.3, -0.25) is 9.59 Å². The molecule has 0 fully saturated rings. The predicted molar refractivity (Wildman–Crippen MR) is 128 cm³/mol. The van der Waals surface area contributed by atoms with Gasteiger partial charge in [0.05, 0.1) is 12.8 Å². The molecule has 1 atom stereocenters. The summed E-state index contributed by atoms with van der Waals surface area (Å²) >= 11 is 9.30. The Morgan fingerprint density at radius 1 is 1.19 bits per heavy atom. The first-order valence-corrected chi connectivity index (χ1v) is 11.3. The van der Waals surface area contributed by atoms with Crippen LogP contribution in [0.25, 0.3) is 0 Å². The molecule has 8 heteroatoms. The van der Waals surface area contributed by atoms with Crippen molar-refractivity contribution in [2.75, 3.05) is 6.61 Å². The second-order valence-corrected chi connectivity index (χ2v) is 8.67. The van der Waals surface area contributed by atoms with Crippen LogP contribution in [0.2, 0.25) is 5.02 Å². The van der Waals surface area contributed by atoms with Crippen molar-refractivity contribution in [2.24, 2.45) is 11.0 Å². The van der Waals surface area contributed by atoms with E-state index in [2.05, 4.69) is 38.7 Å². The number of rotatable bonds is 10. The quantitative estimate of drug-likeness (QED) is 0.263. The SMILES string of the molecule is CCCCOc1ccc(Br)cc1/C=N\NC(=O)C(NC(=O)c1ccc(Cl)cc1)C(C)C. The summed E-state index contributed by atoms with van der Waals surface area (Å²) in [6.07, 6.45) is 3.52. The Kier molecular flexibility index (Phi) is 10.0. The first kappa shape index (κ1) is 24.9. The molecule has 0 radical (unpaired) electrons. The third-order valence-corrected chi connectivity index (χ3v) is 5.19. The van der Waals surface area contributed by atoms with E-state index in [1.165, 1.54) is 6.21 Å². The fourth-order valence-electron chi connectivity index (χ4n) is 2.67. The van der Waals surface area contributed by atoms with Crippen LogP contribution in [0, 0.1) is 5.92 Å². The second kappa shape index (κ2) is 12.5. The summed E-state index contributed by atoms with van der Waals surface area (Å²) in [4.78, 5) is 25.1. The van der Waals surface area contributed by atoms with E-state index in [1.54, 1.807) is 24.3 Å². The van der Waals surface area contributed by atoms with Gasteiger partial charge in [0.25, 0.3) is 11.8 Å². The van der Waals surface area contributed by atoms with Gasteiger partial charge in [0.2, 0.25) is 0 Å². The molecule has 0 aliphatic rings. The van der Waals surface area contributed by atoms with Crippen molar-refractivity contribution in [3.63, 3.8) is 0 Å². The van der Waals surface area contributed by atoms with Crippen molar-refractivity contribution in [2.45, 2.75) is 39.7 Å². The van der Waals surface area contributed by atoms with E-state index >= 15 is 0 Å². The lowest BCUT2D eigenvalue weighted by atomic mass is 10.0. The minimum absolute atomic E-state index is 0.134. The number of hydrogen-bond acceptors (Lipinski definition) is 4. The zero-order valence-electron chi connectivity index (χ0n) is 17.8. The van der Waals surface area contributed by atoms with Gasteiger partial charge in [-0.25, -0.2) is 5.43 Å². The third kappa shape index (κ3) is 7.99. The van der Waals surface area contributed by atoms with Crippen molar-refractivity contribution in [3.05, 3.63) is 63.1 Å². The van der Waals surface area contributed by atoms with Crippen LogP contribution in [0.1, 0.15) is 49.5 Å². The van der Waals surface area contributed by atoms with Crippen LogP contribution in [-0.4, -0.2) is 30.7 Å². The normalized spacial score (nSPS) is 12.1. The predicted octanol–water partition coefficient (Wildman–Crippen LogP) is 5.19. The maximum atomic E-state index is 12.7. The monoisotopic (exact) mass is 507 g/mol. The van der Waals surface area contributed by atoms with Crippen molar-refractivity contribution in [1.29, 1.82) is 0 Å². The fraction of sp³-hybridized carbons (Fsp3) is 0.348. The second-order valence-electron chi connectivity index (χ2n) is 7.32. The molecule has 2 amide bonds. The van der Waals surface area contributed by atoms with Crippen LogP contribution in [-0.2, 0) is 4.79 Å². The molecule has 0 saturated carbocycles. The number of benzene rings is 2. The number of amides is 2. The summed E-state index contributed by atoms with van der Waals surface area (Å²) in [6, 6.07) is 11.3. The average Bonchev–Trinajstić information content (AvgIpc) is 2.73. The zero-order chi connectivity index (χ0) is 22.8. The minimum Gasteiger partial charge on any atom is -0.493 e. The number of halogens is 2. The van der Waals surface area contributed by atoms with Crippen LogP contribution in [0.5, 0.6) is 5.75 Å². The highest BCUT2D eigenvalue weighted by molar-refractivity contribution is 9.10. The molecule has 2 rings (SSSR count). The number of nitrogens with one attached hydrogen (secondary N) is 2. The van der Waals surface area contributed by atoms with E-state index < -0.39 is 11.9 Å². The Bertz CT molecular complexity index is 917. The average molecular weight is 509 g/mol. The van der Waals surface area contributed by atoms with Crippen molar-refractivity contribution < 1.29 is 14.3 Å². The van der Waals surface area contributed by atoms with Gasteiger partial charge >= 0.3 is 0 Å². The minimum atomic E-state index is -0.747. The van der Waals surface area contributed by atoms with E-state index in [0.29, 0.717) is 22.9 Å². The van der Waals surface area contributed by atoms with E-state index in [0.717, 1.165) is 22.9 Å². The molecule has 1 unspecified atom stereocenters. The van der Waals surface area contributed by atoms with E-state index in [9.17, 15) is 9.59 Å². The third-order valence-electron chi connectivity index (χ3n) is 4.45. The fourth-order valence-corrected chi connectivity index (χ4v) is 3.18. The van der Waals surface area contributed by atoms with Gasteiger partial charge in [-0.2, -0.15) is 5.10 Å². The number of hydrogen-bond donors (Lipinski definition) is 2. The molecule has 0 aliphatic heterocycles. The summed E-state index contributed by atoms with van der Waals surface area (Å²) in [5.74, 6) is -0.207. The number of carbonyl (C=O) groups excluding carboxylic acids is 2. The molecule has 0 aliphatic carbocycles. The van der Waals surface area contributed by atoms with Crippen LogP contribution in [0.3, 0.4) is 0 Å². The van der Waals surface area contributed by atoms with Crippen LogP contribution in [0.4, 0.5) is 0 Å². The summed E-state index contributed by atoms with van der Waals surface area (Å²) in [5.41, 5.74) is 3.68. The molecule has 2 aromatic rings. The van der Waals surface area contributed by atoms with Gasteiger partial charge in [-0.15, -0.1) is 0 Å². The van der Waals surface area contributed by atoms with Crippen molar-refractivity contribution in [3.8, 4) is 5.75 Å². The lowest BCUT2D eigenvalue weighted by Gasteiger charge is -2.20. The van der Waals surface area contributed by atoms with Gasteiger partial charge in [0.1, 0.15) is 11.8 Å². The maximum Gasteiger partial charge on any atom is 0.262 e. The van der Waals surface area contributed by atoms with E-state index in [4.69, 9.17) is 16.3 Å². The number of carbonyl (C=O) groups is 2. The molecule has 6 nitrogen and oxygen atoms in total. The summed E-state index contributed by atoms with van der Waals surface area (Å²) in [6.45, 7) is 6.41. The Morgan fingerprint density at radius 3 is 2.55 bits per heavy atom. The Balaban J connectivity index is 2.04. The standard InChI is InChI=1S/C23H27BrClN3O3/c1-4-5-12-31-20-11-8-18(24)13-17(20)14-26-28-23(30)21(15(2)3)27-22(29)16-6-9-19(25)10-7-16/h6-11,13-15,21H,4-5,12H2,1-3H3,(H,27,29)(H,28,30)/b26-14-. The Morgan fingerprint density at radius 2 is 1.90 bits per heavy atom. The summed E-state index contributed by atoms with van der Waals surface area (Å²) < 4.78 is 6.67. The number of hydrazone groups is 1. The molecule has 0 heterocycles. The molecule has 166 valence electrons. The lowest BCUT2D eigenvalue weighted by Crippen LogP contribution is -2.48. The highest BCUT2D eigenvalue weighted by Crippen LogP contribution is 2.22. The smallest absolute Gasteiger partial charge is 0.262 e. The number of unbranched alkanes of at least 4 members (excludes halogenated alkanes) is 1. The van der Waals surface area contributed by atoms with Crippen molar-refractivity contribution in [1.82, 2.24) is 10.7 Å². The van der Waals surface area contributed by atoms with E-state index in [1.807, 2.05) is 32.0 Å². The lowest BCUT2D eigenvalue weighted by molar-refractivity contribution is -0.123. The Labute approximate surface area is 196 Å². The first-order chi connectivity index (χ1) is 14.8. The molecule has 31 heavy (non-hydrogen) atoms. The van der Waals surface area contributed by atoms with Crippen LogP contribution < -0.4 is 15.5 Å². The summed E-state index contributed by atoms with van der Waals surface area (Å²) in [7, 11) is 0. The van der Waals surface area contributed by atoms with Crippen LogP contribution in [0.15, 0.2) is 52.0 Å². The number of ether oxygens (including phenoxy) is 1. The van der Waals surface area contributed by atoms with Crippen LogP contribution >= 0.6 is 27.5 Å². The summed E-state index contributed by atoms with van der Waals surface area (Å²) in [5, 5.41) is 7.36. The van der Waals surface area contributed by atoms with Gasteiger partial charge in [0, 0.05) is 20.6 Å². The van der Waals surface area contributed by atoms with Gasteiger partial charge in [-0.05, 0) is 54.8 Å². The topological polar surface area (TPSA) is 79.8 Å². The molecule has 0 aromatic heterocycles. The van der Waals surface area contributed by atoms with Crippen molar-refractivity contribution >= 4 is 45.6 Å². The Hall–Kier alpha value is -2.38.